The largest absolute Gasteiger partial charge is 0.489 e. The molecule has 0 saturated carbocycles. The van der Waals surface area contributed by atoms with Crippen molar-refractivity contribution in [1.82, 2.24) is 4.98 Å². The van der Waals surface area contributed by atoms with E-state index in [-0.39, 0.29) is 12.5 Å². The minimum Gasteiger partial charge on any atom is -0.489 e. The van der Waals surface area contributed by atoms with Gasteiger partial charge in [-0.05, 0) is 55.5 Å². The fraction of sp³-hybridized carbons (Fsp3) is 0.0833. The number of carbonyl (C=O) groups excluding carboxylic acids is 1. The molecule has 156 valence electrons. The molecule has 4 rings (SSSR count). The number of anilines is 1. The Morgan fingerprint density at radius 1 is 1.10 bits per heavy atom. The Hall–Kier alpha value is -3.22. The summed E-state index contributed by atoms with van der Waals surface area (Å²) in [6, 6.07) is 19.4. The summed E-state index contributed by atoms with van der Waals surface area (Å²) in [6.45, 7) is 2.02. The number of nitrogens with zero attached hydrogens (tertiary/aromatic N) is 1. The molecule has 0 fully saturated rings. The van der Waals surface area contributed by atoms with E-state index in [1.54, 1.807) is 29.6 Å². The normalized spacial score (nSPS) is 10.7. The zero-order chi connectivity index (χ0) is 21.8. The van der Waals surface area contributed by atoms with Gasteiger partial charge in [-0.1, -0.05) is 35.4 Å². The SMILES string of the molecule is Cc1ccc(NC(=O)c2csc(-c3ccc(OCc4c(F)cccc4Cl)cc3)n2)cc1. The Bertz CT molecular complexity index is 1190. The zero-order valence-electron chi connectivity index (χ0n) is 16.6. The van der Waals surface area contributed by atoms with Gasteiger partial charge in [-0.3, -0.25) is 4.79 Å². The van der Waals surface area contributed by atoms with Crippen LogP contribution in [0.4, 0.5) is 10.1 Å². The Labute approximate surface area is 188 Å². The maximum atomic E-state index is 13.9. The minimum atomic E-state index is -0.400. The highest BCUT2D eigenvalue weighted by molar-refractivity contribution is 7.13. The molecule has 31 heavy (non-hydrogen) atoms. The third-order valence-electron chi connectivity index (χ3n) is 4.59. The number of halogens is 2. The number of rotatable bonds is 6. The van der Waals surface area contributed by atoms with Crippen molar-refractivity contribution in [3.63, 3.8) is 0 Å². The summed E-state index contributed by atoms with van der Waals surface area (Å²) in [5.74, 6) is -0.0756. The number of aryl methyl sites for hydroxylation is 1. The van der Waals surface area contributed by atoms with Gasteiger partial charge in [0.2, 0.25) is 0 Å². The number of nitrogens with one attached hydrogen (secondary N) is 1. The molecule has 3 aromatic carbocycles. The molecular weight excluding hydrogens is 435 g/mol. The van der Waals surface area contributed by atoms with Crippen LogP contribution >= 0.6 is 22.9 Å². The molecule has 0 radical (unpaired) electrons. The number of amides is 1. The van der Waals surface area contributed by atoms with Crippen LogP contribution in [-0.2, 0) is 6.61 Å². The average molecular weight is 453 g/mol. The smallest absolute Gasteiger partial charge is 0.275 e. The van der Waals surface area contributed by atoms with Gasteiger partial charge in [0.1, 0.15) is 28.9 Å². The Morgan fingerprint density at radius 2 is 1.84 bits per heavy atom. The highest BCUT2D eigenvalue weighted by Crippen LogP contribution is 2.27. The molecule has 0 spiro atoms. The second-order valence-corrected chi connectivity index (χ2v) is 8.14. The van der Waals surface area contributed by atoms with Gasteiger partial charge in [-0.2, -0.15) is 0 Å². The van der Waals surface area contributed by atoms with E-state index in [1.165, 1.54) is 17.4 Å². The maximum absolute atomic E-state index is 13.9. The van der Waals surface area contributed by atoms with Crippen LogP contribution in [0.25, 0.3) is 10.6 Å². The first-order valence-corrected chi connectivity index (χ1v) is 10.7. The van der Waals surface area contributed by atoms with E-state index in [2.05, 4.69) is 10.3 Å². The molecule has 1 heterocycles. The van der Waals surface area contributed by atoms with Crippen molar-refractivity contribution in [2.24, 2.45) is 0 Å². The second-order valence-electron chi connectivity index (χ2n) is 6.87. The lowest BCUT2D eigenvalue weighted by Crippen LogP contribution is -2.12. The van der Waals surface area contributed by atoms with E-state index in [1.807, 2.05) is 43.3 Å². The Morgan fingerprint density at radius 3 is 2.55 bits per heavy atom. The van der Waals surface area contributed by atoms with E-state index in [0.29, 0.717) is 22.0 Å². The van der Waals surface area contributed by atoms with Gasteiger partial charge < -0.3 is 10.1 Å². The van der Waals surface area contributed by atoms with Crippen molar-refractivity contribution in [3.05, 3.63) is 99.8 Å². The Kier molecular flexibility index (Phi) is 6.30. The summed E-state index contributed by atoms with van der Waals surface area (Å²) in [6.07, 6.45) is 0. The van der Waals surface area contributed by atoms with E-state index >= 15 is 0 Å². The molecule has 0 aliphatic rings. The molecule has 0 bridgehead atoms. The summed E-state index contributed by atoms with van der Waals surface area (Å²) in [5, 5.41) is 5.62. The van der Waals surface area contributed by atoms with Crippen molar-refractivity contribution < 1.29 is 13.9 Å². The lowest BCUT2D eigenvalue weighted by atomic mass is 10.2. The molecule has 4 aromatic rings. The lowest BCUT2D eigenvalue weighted by molar-refractivity contribution is 0.102. The molecule has 0 unspecified atom stereocenters. The first kappa shape index (κ1) is 21.0. The van der Waals surface area contributed by atoms with Gasteiger partial charge in [0.05, 0.1) is 5.02 Å². The second kappa shape index (κ2) is 9.29. The van der Waals surface area contributed by atoms with E-state index in [9.17, 15) is 9.18 Å². The topological polar surface area (TPSA) is 51.2 Å². The first-order valence-electron chi connectivity index (χ1n) is 9.49. The van der Waals surface area contributed by atoms with Gasteiger partial charge in [0.25, 0.3) is 5.91 Å². The van der Waals surface area contributed by atoms with Crippen LogP contribution in [-0.4, -0.2) is 10.9 Å². The van der Waals surface area contributed by atoms with Crippen molar-refractivity contribution in [2.75, 3.05) is 5.32 Å². The van der Waals surface area contributed by atoms with Gasteiger partial charge in [0, 0.05) is 22.2 Å². The third kappa shape index (κ3) is 5.10. The fourth-order valence-corrected chi connectivity index (χ4v) is 3.89. The number of carbonyl (C=O) groups is 1. The highest BCUT2D eigenvalue weighted by atomic mass is 35.5. The number of hydrogen-bond donors (Lipinski definition) is 1. The molecular formula is C24H18ClFN2O2S. The van der Waals surface area contributed by atoms with Crippen LogP contribution in [0.5, 0.6) is 5.75 Å². The average Bonchev–Trinajstić information content (AvgIpc) is 3.26. The predicted molar refractivity (Wildman–Crippen MR) is 122 cm³/mol. The van der Waals surface area contributed by atoms with Crippen LogP contribution in [0, 0.1) is 12.7 Å². The number of ether oxygens (including phenoxy) is 1. The fourth-order valence-electron chi connectivity index (χ4n) is 2.86. The quantitative estimate of drug-likeness (QED) is 0.352. The molecule has 7 heteroatoms. The highest BCUT2D eigenvalue weighted by Gasteiger charge is 2.13. The molecule has 1 aromatic heterocycles. The maximum Gasteiger partial charge on any atom is 0.275 e. The molecule has 4 nitrogen and oxygen atoms in total. The van der Waals surface area contributed by atoms with Crippen LogP contribution < -0.4 is 10.1 Å². The molecule has 1 amide bonds. The van der Waals surface area contributed by atoms with Crippen LogP contribution in [0.3, 0.4) is 0 Å². The molecule has 0 atom stereocenters. The van der Waals surface area contributed by atoms with Gasteiger partial charge >= 0.3 is 0 Å². The summed E-state index contributed by atoms with van der Waals surface area (Å²) >= 11 is 7.41. The summed E-state index contributed by atoms with van der Waals surface area (Å²) in [5.41, 5.74) is 3.38. The Balaban J connectivity index is 1.41. The minimum absolute atomic E-state index is 0.0332. The van der Waals surface area contributed by atoms with Gasteiger partial charge in [-0.25, -0.2) is 9.37 Å². The van der Waals surface area contributed by atoms with Crippen molar-refractivity contribution in [2.45, 2.75) is 13.5 Å². The van der Waals surface area contributed by atoms with Crippen LogP contribution in [0.15, 0.2) is 72.1 Å². The standard InChI is InChI=1S/C24H18ClFN2O2S/c1-15-5-9-17(10-6-15)27-23(29)22-14-31-24(28-22)16-7-11-18(12-8-16)30-13-19-20(25)3-2-4-21(19)26/h2-12,14H,13H2,1H3,(H,27,29). The van der Waals surface area contributed by atoms with Crippen LogP contribution in [0.2, 0.25) is 5.02 Å². The zero-order valence-corrected chi connectivity index (χ0v) is 18.1. The predicted octanol–water partition coefficient (Wildman–Crippen LogP) is 6.74. The first-order chi connectivity index (χ1) is 15.0. The molecule has 0 saturated heterocycles. The molecule has 1 N–H and O–H groups in total. The number of aromatic nitrogens is 1. The van der Waals surface area contributed by atoms with E-state index in [0.717, 1.165) is 21.8 Å². The van der Waals surface area contributed by atoms with Crippen LogP contribution in [0.1, 0.15) is 21.6 Å². The summed E-state index contributed by atoms with van der Waals surface area (Å²) in [7, 11) is 0. The van der Waals surface area contributed by atoms with E-state index in [4.69, 9.17) is 16.3 Å². The van der Waals surface area contributed by atoms with Gasteiger partial charge in [0.15, 0.2) is 0 Å². The number of hydrogen-bond acceptors (Lipinski definition) is 4. The number of benzene rings is 3. The summed E-state index contributed by atoms with van der Waals surface area (Å²) in [4.78, 5) is 16.9. The third-order valence-corrected chi connectivity index (χ3v) is 5.84. The molecule has 0 aliphatic heterocycles. The lowest BCUT2D eigenvalue weighted by Gasteiger charge is -2.09. The van der Waals surface area contributed by atoms with Crippen molar-refractivity contribution in [1.29, 1.82) is 0 Å². The van der Waals surface area contributed by atoms with Crippen molar-refractivity contribution in [3.8, 4) is 16.3 Å². The monoisotopic (exact) mass is 452 g/mol. The summed E-state index contributed by atoms with van der Waals surface area (Å²) < 4.78 is 19.5. The van der Waals surface area contributed by atoms with E-state index < -0.39 is 5.82 Å². The molecule has 0 aliphatic carbocycles. The van der Waals surface area contributed by atoms with Crippen molar-refractivity contribution >= 4 is 34.5 Å². The number of thiazole rings is 1. The van der Waals surface area contributed by atoms with Gasteiger partial charge in [-0.15, -0.1) is 11.3 Å².